The zero-order chi connectivity index (χ0) is 20.8. The number of rotatable bonds is 7. The van der Waals surface area contributed by atoms with Gasteiger partial charge in [0.2, 0.25) is 0 Å². The molecule has 2 aromatic carbocycles. The van der Waals surface area contributed by atoms with Gasteiger partial charge in [-0.15, -0.1) is 5.10 Å². The summed E-state index contributed by atoms with van der Waals surface area (Å²) in [5, 5.41) is 11.5. The maximum atomic E-state index is 12.3. The van der Waals surface area contributed by atoms with E-state index in [4.69, 9.17) is 21.1 Å². The van der Waals surface area contributed by atoms with E-state index in [1.807, 2.05) is 6.92 Å². The second-order valence-corrected chi connectivity index (χ2v) is 6.42. The van der Waals surface area contributed by atoms with Crippen LogP contribution in [0.15, 0.2) is 48.5 Å². The maximum Gasteiger partial charge on any atom is 0.361 e. The van der Waals surface area contributed by atoms with Crippen molar-refractivity contribution < 1.29 is 19.1 Å². The Labute approximate surface area is 172 Å². The Morgan fingerprint density at radius 2 is 1.90 bits per heavy atom. The van der Waals surface area contributed by atoms with Gasteiger partial charge in [0.05, 0.1) is 18.0 Å². The molecule has 0 spiro atoms. The number of anilines is 1. The Kier molecular flexibility index (Phi) is 6.46. The number of amides is 1. The van der Waals surface area contributed by atoms with Crippen LogP contribution in [0, 0.1) is 6.92 Å². The highest BCUT2D eigenvalue weighted by Gasteiger charge is 2.19. The number of aryl methyl sites for hydroxylation is 1. The Bertz CT molecular complexity index is 1020. The first-order valence-corrected chi connectivity index (χ1v) is 9.24. The number of ether oxygens (including phenoxy) is 2. The van der Waals surface area contributed by atoms with Gasteiger partial charge in [-0.3, -0.25) is 4.79 Å². The van der Waals surface area contributed by atoms with E-state index in [1.165, 1.54) is 4.80 Å². The largest absolute Gasteiger partial charge is 0.494 e. The van der Waals surface area contributed by atoms with Crippen LogP contribution in [0.1, 0.15) is 23.1 Å². The quantitative estimate of drug-likeness (QED) is 0.595. The van der Waals surface area contributed by atoms with Crippen LogP contribution in [0.3, 0.4) is 0 Å². The normalized spacial score (nSPS) is 10.4. The molecule has 1 heterocycles. The second kappa shape index (κ2) is 9.20. The minimum Gasteiger partial charge on any atom is -0.494 e. The minimum absolute atomic E-state index is 0.0267. The van der Waals surface area contributed by atoms with Crippen LogP contribution in [0.25, 0.3) is 5.69 Å². The van der Waals surface area contributed by atoms with Gasteiger partial charge in [-0.05, 0) is 56.3 Å². The van der Waals surface area contributed by atoms with Gasteiger partial charge < -0.3 is 14.8 Å². The average Bonchev–Trinajstić information content (AvgIpc) is 3.10. The summed E-state index contributed by atoms with van der Waals surface area (Å²) in [4.78, 5) is 25.6. The lowest BCUT2D eigenvalue weighted by molar-refractivity contribution is -0.119. The Hall–Kier alpha value is -3.39. The van der Waals surface area contributed by atoms with Gasteiger partial charge >= 0.3 is 5.97 Å². The number of aromatic nitrogens is 3. The Morgan fingerprint density at radius 1 is 1.14 bits per heavy atom. The molecule has 0 bridgehead atoms. The van der Waals surface area contributed by atoms with E-state index in [2.05, 4.69) is 15.5 Å². The molecule has 0 aliphatic rings. The van der Waals surface area contributed by atoms with Gasteiger partial charge in [0.15, 0.2) is 12.3 Å². The van der Waals surface area contributed by atoms with Crippen LogP contribution in [-0.4, -0.2) is 40.1 Å². The fraction of sp³-hybridized carbons (Fsp3) is 0.200. The molecule has 9 heteroatoms. The molecule has 3 aromatic rings. The van der Waals surface area contributed by atoms with Crippen molar-refractivity contribution in [1.82, 2.24) is 15.0 Å². The predicted molar refractivity (Wildman–Crippen MR) is 108 cm³/mol. The van der Waals surface area contributed by atoms with Crippen LogP contribution < -0.4 is 10.1 Å². The van der Waals surface area contributed by atoms with E-state index in [0.717, 1.165) is 0 Å². The minimum atomic E-state index is -0.738. The lowest BCUT2D eigenvalue weighted by Gasteiger charge is -2.07. The number of nitrogens with zero attached hydrogens (tertiary/aromatic N) is 3. The first-order chi connectivity index (χ1) is 14.0. The Morgan fingerprint density at radius 3 is 2.59 bits per heavy atom. The summed E-state index contributed by atoms with van der Waals surface area (Å²) >= 11 is 5.97. The topological polar surface area (TPSA) is 95.3 Å². The Balaban J connectivity index is 1.58. The monoisotopic (exact) mass is 414 g/mol. The van der Waals surface area contributed by atoms with Gasteiger partial charge in [0.1, 0.15) is 5.75 Å². The van der Waals surface area contributed by atoms with Crippen molar-refractivity contribution in [3.63, 3.8) is 0 Å². The van der Waals surface area contributed by atoms with Crippen molar-refractivity contribution in [3.05, 3.63) is 64.9 Å². The summed E-state index contributed by atoms with van der Waals surface area (Å²) in [5.41, 5.74) is 1.58. The molecule has 3 rings (SSSR count). The number of esters is 1. The molecule has 0 aliphatic carbocycles. The van der Waals surface area contributed by atoms with Crippen molar-refractivity contribution in [3.8, 4) is 11.4 Å². The van der Waals surface area contributed by atoms with Crippen molar-refractivity contribution in [2.75, 3.05) is 18.5 Å². The molecule has 0 saturated heterocycles. The number of hydrogen-bond acceptors (Lipinski definition) is 6. The average molecular weight is 415 g/mol. The number of nitrogens with one attached hydrogen (secondary N) is 1. The predicted octanol–water partition coefficient (Wildman–Crippen LogP) is 3.42. The second-order valence-electron chi connectivity index (χ2n) is 5.99. The van der Waals surface area contributed by atoms with E-state index in [-0.39, 0.29) is 5.69 Å². The lowest BCUT2D eigenvalue weighted by atomic mass is 10.3. The van der Waals surface area contributed by atoms with Crippen LogP contribution >= 0.6 is 11.6 Å². The molecule has 1 aromatic heterocycles. The number of halogens is 1. The molecular weight excluding hydrogens is 396 g/mol. The van der Waals surface area contributed by atoms with Crippen molar-refractivity contribution >= 4 is 29.2 Å². The maximum absolute atomic E-state index is 12.3. The summed E-state index contributed by atoms with van der Waals surface area (Å²) in [6.45, 7) is 3.63. The van der Waals surface area contributed by atoms with Crippen LogP contribution in [-0.2, 0) is 9.53 Å². The zero-order valence-electron chi connectivity index (χ0n) is 15.9. The summed E-state index contributed by atoms with van der Waals surface area (Å²) in [7, 11) is 0. The molecular formula is C20H19ClN4O4. The molecule has 0 radical (unpaired) electrons. The molecule has 8 nitrogen and oxygen atoms in total. The third-order valence-corrected chi connectivity index (χ3v) is 4.03. The molecule has 0 saturated carbocycles. The third-order valence-electron chi connectivity index (χ3n) is 3.80. The lowest BCUT2D eigenvalue weighted by Crippen LogP contribution is -2.21. The van der Waals surface area contributed by atoms with E-state index in [1.54, 1.807) is 55.5 Å². The zero-order valence-corrected chi connectivity index (χ0v) is 16.6. The first kappa shape index (κ1) is 20.3. The molecule has 0 atom stereocenters. The molecule has 150 valence electrons. The summed E-state index contributed by atoms with van der Waals surface area (Å²) in [6.07, 6.45) is 0. The highest BCUT2D eigenvalue weighted by Crippen LogP contribution is 2.16. The van der Waals surface area contributed by atoms with Gasteiger partial charge in [0, 0.05) is 10.7 Å². The SMILES string of the molecule is CCOc1ccc(NC(=O)COC(=O)c2nn(-c3cccc(Cl)c3)nc2C)cc1. The number of carbonyl (C=O) groups is 2. The third kappa shape index (κ3) is 5.32. The summed E-state index contributed by atoms with van der Waals surface area (Å²) < 4.78 is 10.4. The highest BCUT2D eigenvalue weighted by molar-refractivity contribution is 6.30. The molecule has 1 amide bonds. The van der Waals surface area contributed by atoms with Crippen LogP contribution in [0.2, 0.25) is 5.02 Å². The molecule has 1 N–H and O–H groups in total. The van der Waals surface area contributed by atoms with E-state index < -0.39 is 18.5 Å². The van der Waals surface area contributed by atoms with Gasteiger partial charge in [-0.1, -0.05) is 17.7 Å². The fourth-order valence-corrected chi connectivity index (χ4v) is 2.67. The first-order valence-electron chi connectivity index (χ1n) is 8.86. The van der Waals surface area contributed by atoms with E-state index in [9.17, 15) is 9.59 Å². The highest BCUT2D eigenvalue weighted by atomic mass is 35.5. The fourth-order valence-electron chi connectivity index (χ4n) is 2.48. The van der Waals surface area contributed by atoms with Gasteiger partial charge in [-0.2, -0.15) is 9.90 Å². The summed E-state index contributed by atoms with van der Waals surface area (Å²) in [6, 6.07) is 13.8. The number of carbonyl (C=O) groups excluding carboxylic acids is 2. The number of benzene rings is 2. The summed E-state index contributed by atoms with van der Waals surface area (Å²) in [5.74, 6) is -0.504. The molecule has 29 heavy (non-hydrogen) atoms. The number of hydrogen-bond donors (Lipinski definition) is 1. The van der Waals surface area contributed by atoms with Gasteiger partial charge in [0.25, 0.3) is 5.91 Å². The molecule has 0 unspecified atom stereocenters. The smallest absolute Gasteiger partial charge is 0.361 e. The van der Waals surface area contributed by atoms with E-state index in [0.29, 0.717) is 34.4 Å². The van der Waals surface area contributed by atoms with Crippen molar-refractivity contribution in [1.29, 1.82) is 0 Å². The van der Waals surface area contributed by atoms with E-state index >= 15 is 0 Å². The van der Waals surface area contributed by atoms with Crippen LogP contribution in [0.5, 0.6) is 5.75 Å². The van der Waals surface area contributed by atoms with Crippen molar-refractivity contribution in [2.45, 2.75) is 13.8 Å². The van der Waals surface area contributed by atoms with Crippen LogP contribution in [0.4, 0.5) is 5.69 Å². The van der Waals surface area contributed by atoms with Gasteiger partial charge in [-0.25, -0.2) is 4.79 Å². The standard InChI is InChI=1S/C20H19ClN4O4/c1-3-28-17-9-7-15(8-10-17)22-18(26)12-29-20(27)19-13(2)23-25(24-19)16-6-4-5-14(21)11-16/h4-11H,3,12H2,1-2H3,(H,22,26). The molecule has 0 fully saturated rings. The van der Waals surface area contributed by atoms with Crippen molar-refractivity contribution in [2.24, 2.45) is 0 Å². The molecule has 0 aliphatic heterocycles.